The highest BCUT2D eigenvalue weighted by Gasteiger charge is 2.21. The number of halogens is 1. The van der Waals surface area contributed by atoms with Gasteiger partial charge in [0.25, 0.3) is 0 Å². The van der Waals surface area contributed by atoms with Crippen molar-refractivity contribution in [3.05, 3.63) is 0 Å². The molecule has 5 heteroatoms. The Morgan fingerprint density at radius 3 is 3.00 bits per heavy atom. The Hall–Kier alpha value is 0.0700. The zero-order valence-electron chi connectivity index (χ0n) is 7.04. The SMILES string of the molecule is CCOC(=O)C1CSCCN1.Cl. The minimum Gasteiger partial charge on any atom is -0.465 e. The molecule has 72 valence electrons. The van der Waals surface area contributed by atoms with Gasteiger partial charge in [0, 0.05) is 18.1 Å². The van der Waals surface area contributed by atoms with Gasteiger partial charge in [-0.25, -0.2) is 0 Å². The van der Waals surface area contributed by atoms with Crippen LogP contribution in [-0.4, -0.2) is 36.7 Å². The molecule has 0 radical (unpaired) electrons. The summed E-state index contributed by atoms with van der Waals surface area (Å²) in [6.45, 7) is 3.21. The van der Waals surface area contributed by atoms with Crippen LogP contribution in [0, 0.1) is 0 Å². The minimum absolute atomic E-state index is 0. The fourth-order valence-corrected chi connectivity index (χ4v) is 1.88. The topological polar surface area (TPSA) is 38.3 Å². The maximum Gasteiger partial charge on any atom is 0.323 e. The quantitative estimate of drug-likeness (QED) is 0.682. The first kappa shape index (κ1) is 12.1. The number of ether oxygens (including phenoxy) is 1. The second-order valence-electron chi connectivity index (χ2n) is 2.33. The maximum atomic E-state index is 11.1. The first-order valence-corrected chi connectivity index (χ1v) is 4.98. The lowest BCUT2D eigenvalue weighted by atomic mass is 10.3. The summed E-state index contributed by atoms with van der Waals surface area (Å²) in [5.74, 6) is 1.83. The largest absolute Gasteiger partial charge is 0.465 e. The predicted octanol–water partition coefficient (Wildman–Crippen LogP) is 0.676. The minimum atomic E-state index is -0.111. The zero-order valence-corrected chi connectivity index (χ0v) is 8.67. The van der Waals surface area contributed by atoms with Crippen molar-refractivity contribution in [2.24, 2.45) is 0 Å². The third kappa shape index (κ3) is 3.65. The third-order valence-electron chi connectivity index (χ3n) is 1.49. The molecule has 0 aromatic carbocycles. The summed E-state index contributed by atoms with van der Waals surface area (Å²) in [4.78, 5) is 11.1. The molecule has 1 rings (SSSR count). The summed E-state index contributed by atoms with van der Waals surface area (Å²) >= 11 is 1.79. The lowest BCUT2D eigenvalue weighted by molar-refractivity contribution is -0.145. The lowest BCUT2D eigenvalue weighted by Crippen LogP contribution is -2.44. The van der Waals surface area contributed by atoms with Gasteiger partial charge in [-0.1, -0.05) is 0 Å². The van der Waals surface area contributed by atoms with E-state index >= 15 is 0 Å². The number of rotatable bonds is 2. The van der Waals surface area contributed by atoms with Crippen LogP contribution >= 0.6 is 24.2 Å². The molecule has 0 bridgehead atoms. The van der Waals surface area contributed by atoms with Gasteiger partial charge in [-0.3, -0.25) is 4.79 Å². The van der Waals surface area contributed by atoms with Crippen molar-refractivity contribution in [2.45, 2.75) is 13.0 Å². The van der Waals surface area contributed by atoms with Crippen LogP contribution in [0.25, 0.3) is 0 Å². The van der Waals surface area contributed by atoms with Crippen LogP contribution in [0.15, 0.2) is 0 Å². The van der Waals surface area contributed by atoms with E-state index < -0.39 is 0 Å². The summed E-state index contributed by atoms with van der Waals surface area (Å²) in [6.07, 6.45) is 0. The number of nitrogens with one attached hydrogen (secondary N) is 1. The summed E-state index contributed by atoms with van der Waals surface area (Å²) in [5.41, 5.74) is 0. The molecule has 1 heterocycles. The van der Waals surface area contributed by atoms with Crippen molar-refractivity contribution in [3.8, 4) is 0 Å². The molecular weight excluding hydrogens is 198 g/mol. The van der Waals surface area contributed by atoms with Crippen molar-refractivity contribution < 1.29 is 9.53 Å². The summed E-state index contributed by atoms with van der Waals surface area (Å²) in [7, 11) is 0. The molecule has 0 saturated carbocycles. The van der Waals surface area contributed by atoms with Gasteiger partial charge in [-0.05, 0) is 6.92 Å². The van der Waals surface area contributed by atoms with E-state index in [2.05, 4.69) is 5.32 Å². The molecule has 0 aliphatic carbocycles. The Labute approximate surface area is 83.0 Å². The average Bonchev–Trinajstić information content (AvgIpc) is 2.07. The maximum absolute atomic E-state index is 11.1. The van der Waals surface area contributed by atoms with Gasteiger partial charge in [0.15, 0.2) is 0 Å². The number of carbonyl (C=O) groups is 1. The van der Waals surface area contributed by atoms with E-state index in [-0.39, 0.29) is 24.4 Å². The second kappa shape index (κ2) is 6.57. The molecule has 1 unspecified atom stereocenters. The van der Waals surface area contributed by atoms with E-state index in [9.17, 15) is 4.79 Å². The molecule has 3 nitrogen and oxygen atoms in total. The van der Waals surface area contributed by atoms with E-state index in [0.717, 1.165) is 18.1 Å². The number of carbonyl (C=O) groups excluding carboxylic acids is 1. The Balaban J connectivity index is 0.00000121. The number of thioether (sulfide) groups is 1. The molecule has 12 heavy (non-hydrogen) atoms. The number of esters is 1. The predicted molar refractivity (Wildman–Crippen MR) is 53.0 cm³/mol. The summed E-state index contributed by atoms with van der Waals surface area (Å²) < 4.78 is 4.87. The highest BCUT2D eigenvalue weighted by molar-refractivity contribution is 7.99. The van der Waals surface area contributed by atoms with Crippen molar-refractivity contribution in [2.75, 3.05) is 24.7 Å². The molecule has 0 aromatic rings. The van der Waals surface area contributed by atoms with E-state index in [0.29, 0.717) is 6.61 Å². The Morgan fingerprint density at radius 1 is 1.75 bits per heavy atom. The fourth-order valence-electron chi connectivity index (χ4n) is 0.960. The summed E-state index contributed by atoms with van der Waals surface area (Å²) in [5, 5.41) is 3.11. The molecule has 0 aromatic heterocycles. The van der Waals surface area contributed by atoms with Crippen LogP contribution in [0.4, 0.5) is 0 Å². The normalized spacial score (nSPS) is 22.6. The molecule has 1 N–H and O–H groups in total. The van der Waals surface area contributed by atoms with Gasteiger partial charge < -0.3 is 10.1 Å². The standard InChI is InChI=1S/C7H13NO2S.ClH/c1-2-10-7(9)6-5-11-4-3-8-6;/h6,8H,2-5H2,1H3;1H. The first-order valence-electron chi connectivity index (χ1n) is 3.82. The zero-order chi connectivity index (χ0) is 8.10. The highest BCUT2D eigenvalue weighted by atomic mass is 35.5. The van der Waals surface area contributed by atoms with E-state index in [1.807, 2.05) is 6.92 Å². The van der Waals surface area contributed by atoms with Crippen LogP contribution in [-0.2, 0) is 9.53 Å². The van der Waals surface area contributed by atoms with Crippen LogP contribution in [0.3, 0.4) is 0 Å². The molecule has 1 aliphatic heterocycles. The van der Waals surface area contributed by atoms with E-state index in [4.69, 9.17) is 4.74 Å². The Bertz CT molecular complexity index is 139. The van der Waals surface area contributed by atoms with Gasteiger partial charge in [0.1, 0.15) is 6.04 Å². The van der Waals surface area contributed by atoms with E-state index in [1.165, 1.54) is 0 Å². The van der Waals surface area contributed by atoms with Crippen LogP contribution in [0.1, 0.15) is 6.92 Å². The van der Waals surface area contributed by atoms with Gasteiger partial charge >= 0.3 is 5.97 Å². The van der Waals surface area contributed by atoms with Gasteiger partial charge in [0.2, 0.25) is 0 Å². The summed E-state index contributed by atoms with van der Waals surface area (Å²) in [6, 6.07) is -0.0753. The van der Waals surface area contributed by atoms with Crippen molar-refractivity contribution >= 4 is 30.1 Å². The average molecular weight is 212 g/mol. The van der Waals surface area contributed by atoms with Crippen molar-refractivity contribution in [1.29, 1.82) is 0 Å². The van der Waals surface area contributed by atoms with Crippen LogP contribution in [0.2, 0.25) is 0 Å². The molecule has 0 spiro atoms. The molecule has 0 amide bonds. The highest BCUT2D eigenvalue weighted by Crippen LogP contribution is 2.08. The van der Waals surface area contributed by atoms with Crippen molar-refractivity contribution in [1.82, 2.24) is 5.32 Å². The third-order valence-corrected chi connectivity index (χ3v) is 2.55. The second-order valence-corrected chi connectivity index (χ2v) is 3.48. The lowest BCUT2D eigenvalue weighted by Gasteiger charge is -2.20. The van der Waals surface area contributed by atoms with Crippen LogP contribution in [0.5, 0.6) is 0 Å². The monoisotopic (exact) mass is 211 g/mol. The number of hydrogen-bond acceptors (Lipinski definition) is 4. The Morgan fingerprint density at radius 2 is 2.50 bits per heavy atom. The molecule has 1 aliphatic rings. The molecule has 1 atom stereocenters. The van der Waals surface area contributed by atoms with Gasteiger partial charge in [0.05, 0.1) is 6.61 Å². The number of hydrogen-bond donors (Lipinski definition) is 1. The van der Waals surface area contributed by atoms with E-state index in [1.54, 1.807) is 11.8 Å². The van der Waals surface area contributed by atoms with Gasteiger partial charge in [-0.2, -0.15) is 11.8 Å². The smallest absolute Gasteiger partial charge is 0.323 e. The molecule has 1 saturated heterocycles. The van der Waals surface area contributed by atoms with Crippen LogP contribution < -0.4 is 5.32 Å². The molecule has 1 fully saturated rings. The first-order chi connectivity index (χ1) is 5.34. The fraction of sp³-hybridized carbons (Fsp3) is 0.857. The molecular formula is C7H14ClNO2S. The Kier molecular flexibility index (Phi) is 6.61. The van der Waals surface area contributed by atoms with Gasteiger partial charge in [-0.15, -0.1) is 12.4 Å². The van der Waals surface area contributed by atoms with Crippen molar-refractivity contribution in [3.63, 3.8) is 0 Å².